The molecule has 0 radical (unpaired) electrons. The molecule has 0 aliphatic carbocycles. The van der Waals surface area contributed by atoms with Crippen LogP contribution >= 0.6 is 0 Å². The number of hydrazone groups is 1. The average molecular weight is 301 g/mol. The number of hydrogen-bond donors (Lipinski definition) is 0. The van der Waals surface area contributed by atoms with Crippen molar-refractivity contribution in [3.63, 3.8) is 0 Å². The number of anilines is 1. The van der Waals surface area contributed by atoms with Crippen LogP contribution in [0.25, 0.3) is 0 Å². The SMILES string of the molecule is CC(C)CCN1C(=O)/C(=N\N2CCOCC2)c2ccccc21. The van der Waals surface area contributed by atoms with Gasteiger partial charge in [0, 0.05) is 12.1 Å². The molecule has 5 heteroatoms. The fourth-order valence-electron chi connectivity index (χ4n) is 2.76. The third-order valence-corrected chi connectivity index (χ3v) is 4.06. The summed E-state index contributed by atoms with van der Waals surface area (Å²) in [7, 11) is 0. The average Bonchev–Trinajstić information content (AvgIpc) is 2.79. The van der Waals surface area contributed by atoms with Gasteiger partial charge < -0.3 is 9.64 Å². The maximum atomic E-state index is 12.8. The van der Waals surface area contributed by atoms with Gasteiger partial charge in [-0.2, -0.15) is 5.10 Å². The van der Waals surface area contributed by atoms with Crippen LogP contribution in [0.3, 0.4) is 0 Å². The van der Waals surface area contributed by atoms with E-state index in [1.54, 1.807) is 0 Å². The van der Waals surface area contributed by atoms with Crippen LogP contribution in [0.1, 0.15) is 25.8 Å². The number of carbonyl (C=O) groups excluding carboxylic acids is 1. The molecule has 1 aromatic rings. The topological polar surface area (TPSA) is 45.1 Å². The first-order valence-electron chi connectivity index (χ1n) is 7.99. The number of morpholine rings is 1. The van der Waals surface area contributed by atoms with E-state index in [4.69, 9.17) is 4.74 Å². The molecule has 1 fully saturated rings. The van der Waals surface area contributed by atoms with Crippen molar-refractivity contribution >= 4 is 17.3 Å². The Bertz CT molecular complexity index is 577. The lowest BCUT2D eigenvalue weighted by Crippen LogP contribution is -2.36. The van der Waals surface area contributed by atoms with Crippen molar-refractivity contribution in [1.82, 2.24) is 5.01 Å². The first-order chi connectivity index (χ1) is 10.7. The predicted molar refractivity (Wildman–Crippen MR) is 87.2 cm³/mol. The van der Waals surface area contributed by atoms with Crippen LogP contribution in [0, 0.1) is 5.92 Å². The Hall–Kier alpha value is -1.88. The molecule has 1 saturated heterocycles. The van der Waals surface area contributed by atoms with Crippen molar-refractivity contribution in [3.05, 3.63) is 29.8 Å². The summed E-state index contributed by atoms with van der Waals surface area (Å²) in [6.07, 6.45) is 0.991. The van der Waals surface area contributed by atoms with Gasteiger partial charge in [-0.3, -0.25) is 9.80 Å². The van der Waals surface area contributed by atoms with Crippen molar-refractivity contribution in [2.75, 3.05) is 37.7 Å². The second kappa shape index (κ2) is 6.48. The number of nitrogens with zero attached hydrogens (tertiary/aromatic N) is 3. The molecule has 0 spiro atoms. The van der Waals surface area contributed by atoms with E-state index in [0.29, 0.717) is 24.8 Å². The zero-order valence-corrected chi connectivity index (χ0v) is 13.3. The number of carbonyl (C=O) groups is 1. The number of hydrogen-bond acceptors (Lipinski definition) is 4. The lowest BCUT2D eigenvalue weighted by Gasteiger charge is -2.24. The first kappa shape index (κ1) is 15.0. The molecule has 3 rings (SSSR count). The maximum absolute atomic E-state index is 12.8. The van der Waals surface area contributed by atoms with E-state index in [1.807, 2.05) is 34.2 Å². The van der Waals surface area contributed by atoms with Crippen LogP contribution < -0.4 is 4.90 Å². The Morgan fingerprint density at radius 3 is 2.68 bits per heavy atom. The maximum Gasteiger partial charge on any atom is 0.279 e. The molecule has 0 saturated carbocycles. The smallest absolute Gasteiger partial charge is 0.279 e. The minimum absolute atomic E-state index is 0.0216. The van der Waals surface area contributed by atoms with Gasteiger partial charge in [0.25, 0.3) is 5.91 Å². The summed E-state index contributed by atoms with van der Waals surface area (Å²) in [6.45, 7) is 7.92. The third kappa shape index (κ3) is 2.99. The molecule has 0 N–H and O–H groups in total. The fraction of sp³-hybridized carbons (Fsp3) is 0.529. The van der Waals surface area contributed by atoms with Crippen molar-refractivity contribution < 1.29 is 9.53 Å². The molecule has 0 atom stereocenters. The van der Waals surface area contributed by atoms with Crippen molar-refractivity contribution in [2.45, 2.75) is 20.3 Å². The highest BCUT2D eigenvalue weighted by atomic mass is 16.5. The summed E-state index contributed by atoms with van der Waals surface area (Å²) in [4.78, 5) is 14.7. The molecular formula is C17H23N3O2. The van der Waals surface area contributed by atoms with Gasteiger partial charge in [0.1, 0.15) is 0 Å². The molecule has 1 amide bonds. The molecule has 2 aliphatic rings. The van der Waals surface area contributed by atoms with Gasteiger partial charge in [-0.1, -0.05) is 32.0 Å². The summed E-state index contributed by atoms with van der Waals surface area (Å²) < 4.78 is 5.34. The van der Waals surface area contributed by atoms with Gasteiger partial charge in [-0.15, -0.1) is 0 Å². The molecule has 5 nitrogen and oxygen atoms in total. The minimum atomic E-state index is 0.0216. The molecule has 2 heterocycles. The number of fused-ring (bicyclic) bond motifs is 1. The van der Waals surface area contributed by atoms with E-state index >= 15 is 0 Å². The molecule has 0 aromatic heterocycles. The number of benzene rings is 1. The molecule has 22 heavy (non-hydrogen) atoms. The Morgan fingerprint density at radius 2 is 1.95 bits per heavy atom. The number of para-hydroxylation sites is 1. The lowest BCUT2D eigenvalue weighted by atomic mass is 10.1. The Labute approximate surface area is 131 Å². The van der Waals surface area contributed by atoms with Gasteiger partial charge in [-0.05, 0) is 18.4 Å². The third-order valence-electron chi connectivity index (χ3n) is 4.06. The quantitative estimate of drug-likeness (QED) is 0.855. The van der Waals surface area contributed by atoms with Gasteiger partial charge in [0.2, 0.25) is 0 Å². The molecule has 0 bridgehead atoms. The largest absolute Gasteiger partial charge is 0.378 e. The molecule has 118 valence electrons. The van der Waals surface area contributed by atoms with Gasteiger partial charge in [-0.25, -0.2) is 0 Å². The Kier molecular flexibility index (Phi) is 4.43. The van der Waals surface area contributed by atoms with Crippen LogP contribution in [-0.4, -0.2) is 49.5 Å². The summed E-state index contributed by atoms with van der Waals surface area (Å²) in [5, 5.41) is 6.56. The molecule has 2 aliphatic heterocycles. The zero-order chi connectivity index (χ0) is 15.5. The summed E-state index contributed by atoms with van der Waals surface area (Å²) in [5.41, 5.74) is 2.50. The highest BCUT2D eigenvalue weighted by molar-refractivity contribution is 6.54. The van der Waals surface area contributed by atoms with Crippen LogP contribution in [0.2, 0.25) is 0 Å². The van der Waals surface area contributed by atoms with Gasteiger partial charge in [0.05, 0.1) is 32.0 Å². The standard InChI is InChI=1S/C17H23N3O2/c1-13(2)7-8-20-15-6-4-3-5-14(15)16(17(20)21)18-19-9-11-22-12-10-19/h3-6,13H,7-12H2,1-2H3/b18-16-. The van der Waals surface area contributed by atoms with Crippen LogP contribution in [0.15, 0.2) is 29.4 Å². The second-order valence-electron chi connectivity index (χ2n) is 6.17. The van der Waals surface area contributed by atoms with E-state index in [2.05, 4.69) is 18.9 Å². The van der Waals surface area contributed by atoms with Crippen LogP contribution in [-0.2, 0) is 9.53 Å². The molecular weight excluding hydrogens is 278 g/mol. The zero-order valence-electron chi connectivity index (χ0n) is 13.3. The van der Waals surface area contributed by atoms with Crippen LogP contribution in [0.5, 0.6) is 0 Å². The summed E-state index contributed by atoms with van der Waals surface area (Å²) >= 11 is 0. The Morgan fingerprint density at radius 1 is 1.23 bits per heavy atom. The Balaban J connectivity index is 1.88. The monoisotopic (exact) mass is 301 g/mol. The predicted octanol–water partition coefficient (Wildman–Crippen LogP) is 2.12. The van der Waals surface area contributed by atoms with Gasteiger partial charge >= 0.3 is 0 Å². The second-order valence-corrected chi connectivity index (χ2v) is 6.17. The van der Waals surface area contributed by atoms with E-state index in [-0.39, 0.29) is 5.91 Å². The summed E-state index contributed by atoms with van der Waals surface area (Å²) in [5.74, 6) is 0.591. The summed E-state index contributed by atoms with van der Waals surface area (Å²) in [6, 6.07) is 7.94. The molecule has 1 aromatic carbocycles. The number of amides is 1. The van der Waals surface area contributed by atoms with E-state index in [0.717, 1.165) is 37.3 Å². The first-order valence-corrected chi connectivity index (χ1v) is 7.99. The lowest BCUT2D eigenvalue weighted by molar-refractivity contribution is -0.112. The van der Waals surface area contributed by atoms with E-state index in [1.165, 1.54) is 0 Å². The van der Waals surface area contributed by atoms with E-state index in [9.17, 15) is 4.79 Å². The fourth-order valence-corrected chi connectivity index (χ4v) is 2.76. The van der Waals surface area contributed by atoms with Crippen molar-refractivity contribution in [2.24, 2.45) is 11.0 Å². The molecule has 0 unspecified atom stereocenters. The number of rotatable bonds is 4. The van der Waals surface area contributed by atoms with Crippen molar-refractivity contribution in [1.29, 1.82) is 0 Å². The van der Waals surface area contributed by atoms with Crippen LogP contribution in [0.4, 0.5) is 5.69 Å². The highest BCUT2D eigenvalue weighted by Gasteiger charge is 2.34. The number of ether oxygens (including phenoxy) is 1. The minimum Gasteiger partial charge on any atom is -0.378 e. The van der Waals surface area contributed by atoms with Gasteiger partial charge in [0.15, 0.2) is 5.71 Å². The van der Waals surface area contributed by atoms with Crippen molar-refractivity contribution in [3.8, 4) is 0 Å². The highest BCUT2D eigenvalue weighted by Crippen LogP contribution is 2.30. The van der Waals surface area contributed by atoms with E-state index < -0.39 is 0 Å². The normalized spacial score (nSPS) is 20.1.